The molecule has 0 atom stereocenters. The van der Waals surface area contributed by atoms with Gasteiger partial charge in [0.25, 0.3) is 43.9 Å². The Morgan fingerprint density at radius 3 is 1.62 bits per heavy atom. The van der Waals surface area contributed by atoms with Gasteiger partial charge in [0.1, 0.15) is 16.3 Å². The van der Waals surface area contributed by atoms with Gasteiger partial charge in [0.15, 0.2) is 26.7 Å². The highest BCUT2D eigenvalue weighted by atomic mass is 32.2. The average molecular weight is 1450 g/mol. The summed E-state index contributed by atoms with van der Waals surface area (Å²) in [6.07, 6.45) is 2.55. The maximum atomic E-state index is 13.6. The van der Waals surface area contributed by atoms with Crippen LogP contribution in [0.1, 0.15) is 87.9 Å². The molecule has 0 aliphatic rings. The quantitative estimate of drug-likeness (QED) is 0.00356. The smallest absolute Gasteiger partial charge is 0.296 e. The van der Waals surface area contributed by atoms with Crippen LogP contribution >= 0.6 is 34.4 Å². The Morgan fingerprint density at radius 1 is 0.580 bits per heavy atom. The SMILES string of the molecule is CCN(CC)c1ccc(/N=N/c2sc(/C=C(\C(C)=O)C(=O)Nc3cccc(NC=O)c3)cc2C(N)=O)c(Nc2nc(Nc3cc(N(CC)CC)ccc3/N=N/c3sc(/C=C(/C(C)=O)C(=O)Nc4cccc(C(N)=O)c4)c(S(=O)(=O)O)c3C(N)=O)nc(SCc3cccc(S(=O)(=O)O)c3)n2)c1. The topological polar surface area (TPSA) is 478 Å². The molecule has 0 spiro atoms. The van der Waals surface area contributed by atoms with E-state index >= 15 is 0 Å². The third kappa shape index (κ3) is 19.1. The first-order valence-corrected chi connectivity index (χ1v) is 35.3. The number of anilines is 9. The lowest BCUT2D eigenvalue weighted by molar-refractivity contribution is -0.120. The van der Waals surface area contributed by atoms with Gasteiger partial charge in [0.05, 0.1) is 43.4 Å². The van der Waals surface area contributed by atoms with Crippen molar-refractivity contribution in [2.24, 2.45) is 37.7 Å². The maximum absolute atomic E-state index is 13.6. The minimum Gasteiger partial charge on any atom is -0.372 e. The van der Waals surface area contributed by atoms with Gasteiger partial charge in [-0.1, -0.05) is 36.0 Å². The highest BCUT2D eigenvalue weighted by Crippen LogP contribution is 2.43. The molecule has 0 saturated carbocycles. The lowest BCUT2D eigenvalue weighted by Crippen LogP contribution is -2.21. The molecule has 0 bridgehead atoms. The summed E-state index contributed by atoms with van der Waals surface area (Å²) >= 11 is 2.34. The molecule has 5 aromatic carbocycles. The molecule has 3 heterocycles. The zero-order valence-corrected chi connectivity index (χ0v) is 57.9. The van der Waals surface area contributed by atoms with E-state index in [1.807, 2.05) is 37.5 Å². The molecular weight excluding hydrogens is 1390 g/mol. The number of hydrogen-bond donors (Lipinski definition) is 10. The molecular formula is C64H63N17O14S5. The van der Waals surface area contributed by atoms with Crippen LogP contribution in [0.25, 0.3) is 12.2 Å². The number of primary amides is 3. The van der Waals surface area contributed by atoms with Gasteiger partial charge in [-0.2, -0.15) is 31.8 Å². The summed E-state index contributed by atoms with van der Waals surface area (Å²) in [6.45, 7) is 12.1. The van der Waals surface area contributed by atoms with Crippen LogP contribution in [0.5, 0.6) is 0 Å². The van der Waals surface area contributed by atoms with Crippen LogP contribution in [0.2, 0.25) is 0 Å². The van der Waals surface area contributed by atoms with E-state index in [0.717, 1.165) is 36.1 Å². The summed E-state index contributed by atoms with van der Waals surface area (Å²) in [7, 11) is -10.0. The molecule has 0 unspecified atom stereocenters. The van der Waals surface area contributed by atoms with Gasteiger partial charge < -0.3 is 53.6 Å². The first-order chi connectivity index (χ1) is 47.5. The highest BCUT2D eigenvalue weighted by molar-refractivity contribution is 7.98. The fraction of sp³-hybridized carbons (Fsp3) is 0.172. The number of carbonyl (C=O) groups excluding carboxylic acids is 8. The molecule has 6 amide bonds. The number of thiophene rings is 2. The van der Waals surface area contributed by atoms with E-state index in [1.54, 1.807) is 54.6 Å². The van der Waals surface area contributed by atoms with Gasteiger partial charge in [-0.25, -0.2) is 0 Å². The molecule has 0 saturated heterocycles. The third-order valence-corrected chi connectivity index (χ3v) is 19.1. The number of ketones is 2. The predicted molar refractivity (Wildman–Crippen MR) is 382 cm³/mol. The molecule has 0 aliphatic carbocycles. The summed E-state index contributed by atoms with van der Waals surface area (Å²) < 4.78 is 71.3. The number of hydrogen-bond acceptors (Lipinski definition) is 26. The van der Waals surface area contributed by atoms with Gasteiger partial charge in [0, 0.05) is 70.8 Å². The summed E-state index contributed by atoms with van der Waals surface area (Å²) in [5, 5.41) is 31.1. The van der Waals surface area contributed by atoms with Crippen LogP contribution in [0.3, 0.4) is 0 Å². The maximum Gasteiger partial charge on any atom is 0.296 e. The second-order valence-electron chi connectivity index (χ2n) is 21.0. The largest absolute Gasteiger partial charge is 0.372 e. The number of nitrogens with one attached hydrogen (secondary N) is 5. The van der Waals surface area contributed by atoms with E-state index in [1.165, 1.54) is 73.7 Å². The number of rotatable bonds is 32. The van der Waals surface area contributed by atoms with E-state index in [0.29, 0.717) is 66.6 Å². The molecule has 31 nitrogen and oxygen atoms in total. The third-order valence-electron chi connectivity index (χ3n) is 14.3. The molecule has 518 valence electrons. The van der Waals surface area contributed by atoms with Crippen molar-refractivity contribution in [3.05, 3.63) is 158 Å². The second kappa shape index (κ2) is 32.8. The monoisotopic (exact) mass is 1450 g/mol. The predicted octanol–water partition coefficient (Wildman–Crippen LogP) is 10.9. The van der Waals surface area contributed by atoms with E-state index in [4.69, 9.17) is 32.2 Å². The molecule has 100 heavy (non-hydrogen) atoms. The number of thioether (sulfide) groups is 1. The molecule has 0 radical (unpaired) electrons. The lowest BCUT2D eigenvalue weighted by Gasteiger charge is -2.22. The molecule has 8 aromatic rings. The second-order valence-corrected chi connectivity index (χ2v) is 26.9. The van der Waals surface area contributed by atoms with Crippen molar-refractivity contribution in [3.63, 3.8) is 0 Å². The van der Waals surface area contributed by atoms with E-state index in [-0.39, 0.29) is 88.4 Å². The van der Waals surface area contributed by atoms with Crippen molar-refractivity contribution in [2.45, 2.75) is 62.2 Å². The Kier molecular flexibility index (Phi) is 24.5. The average Bonchev–Trinajstić information content (AvgIpc) is 1.61. The minimum absolute atomic E-state index is 0.00749. The van der Waals surface area contributed by atoms with E-state index < -0.39 is 87.2 Å². The van der Waals surface area contributed by atoms with Gasteiger partial charge in [-0.15, -0.1) is 43.1 Å². The number of amides is 6. The molecule has 8 rings (SSSR count). The van der Waals surface area contributed by atoms with Crippen LogP contribution in [-0.2, 0) is 50.0 Å². The molecule has 0 fully saturated rings. The van der Waals surface area contributed by atoms with Crippen molar-refractivity contribution in [1.29, 1.82) is 0 Å². The minimum atomic E-state index is -5.40. The van der Waals surface area contributed by atoms with Crippen molar-refractivity contribution in [3.8, 4) is 0 Å². The summed E-state index contributed by atoms with van der Waals surface area (Å²) in [4.78, 5) is 119. The van der Waals surface area contributed by atoms with Crippen molar-refractivity contribution >= 4 is 187 Å². The number of benzene rings is 5. The summed E-state index contributed by atoms with van der Waals surface area (Å²) in [6, 6.07) is 28.5. The molecule has 0 aliphatic heterocycles. The Hall–Kier alpha value is -11.3. The van der Waals surface area contributed by atoms with Crippen LogP contribution < -0.4 is 53.6 Å². The molecule has 13 N–H and O–H groups in total. The van der Waals surface area contributed by atoms with Gasteiger partial charge in [-0.3, -0.25) is 47.5 Å². The fourth-order valence-corrected chi connectivity index (χ4v) is 14.0. The molecule has 36 heteroatoms. The Bertz CT molecular complexity index is 4930. The van der Waals surface area contributed by atoms with E-state index in [2.05, 4.69) is 47.0 Å². The Labute approximate surface area is 584 Å². The van der Waals surface area contributed by atoms with Crippen LogP contribution in [0, 0.1) is 0 Å². The number of nitrogens with zero attached hydrogens (tertiary/aromatic N) is 9. The zero-order chi connectivity index (χ0) is 72.8. The van der Waals surface area contributed by atoms with Crippen molar-refractivity contribution in [2.75, 3.05) is 62.6 Å². The standard InChI is InChI=1S/C64H63N17O14S5/c1-7-80(8-2)41-20-22-48(76-78-60-47(56(66)86)30-43(97-60)29-45(34(5)83)58(88)70-40-18-13-16-38(26-40)68-33-82)50(27-41)71-62-73-63(75-64(74-62)96-32-36-14-11-19-44(24-36)99(90,91)92)72-51-28-42(81(9-3)10-4)21-23-49(51)77-79-61-53(57(67)87)54(100(93,94)95)52(98-61)31-46(35(6)84)59(89)69-39-17-12-15-37(25-39)55(65)85/h11-31,33H,7-10,32H2,1-6H3,(H2,65,85)(H2,66,86)(H2,67,87)(H,68,82)(H,69,89)(H,70,88)(H,90,91,92)(H,93,94,95)(H2,71,72,73,74,75)/b45-29+,46-31-,78-76+,79-77+. The van der Waals surface area contributed by atoms with Gasteiger partial charge in [0.2, 0.25) is 24.2 Å². The zero-order valence-electron chi connectivity index (χ0n) is 53.8. The number of carbonyl (C=O) groups is 8. The first kappa shape index (κ1) is 74.5. The van der Waals surface area contributed by atoms with Gasteiger partial charge >= 0.3 is 0 Å². The number of azo groups is 2. The normalized spacial score (nSPS) is 11.9. The first-order valence-electron chi connectivity index (χ1n) is 29.8. The summed E-state index contributed by atoms with van der Waals surface area (Å²) in [5.74, 6) is -6.79. The molecule has 3 aromatic heterocycles. The summed E-state index contributed by atoms with van der Waals surface area (Å²) in [5.41, 5.74) is 18.1. The van der Waals surface area contributed by atoms with Crippen molar-refractivity contribution < 1.29 is 64.3 Å². The number of Topliss-reactive ketones (excluding diaryl/α,β-unsaturated/α-hetero) is 2. The van der Waals surface area contributed by atoms with Gasteiger partial charge in [-0.05, 0) is 150 Å². The number of aromatic nitrogens is 3. The Balaban J connectivity index is 1.23. The van der Waals surface area contributed by atoms with Crippen molar-refractivity contribution in [1.82, 2.24) is 15.0 Å². The van der Waals surface area contributed by atoms with Crippen LogP contribution in [0.15, 0.2) is 162 Å². The number of nitrogens with two attached hydrogens (primary N) is 3. The Morgan fingerprint density at radius 2 is 1.11 bits per heavy atom. The lowest BCUT2D eigenvalue weighted by atomic mass is 10.1. The van der Waals surface area contributed by atoms with E-state index in [9.17, 15) is 64.3 Å². The van der Waals surface area contributed by atoms with Crippen LogP contribution in [0.4, 0.5) is 73.1 Å². The van der Waals surface area contributed by atoms with Crippen LogP contribution in [-0.4, -0.2) is 115 Å². The fourth-order valence-electron chi connectivity index (χ4n) is 9.52. The highest BCUT2D eigenvalue weighted by Gasteiger charge is 2.32.